The summed E-state index contributed by atoms with van der Waals surface area (Å²) in [6.45, 7) is 0. The molecule has 0 aliphatic carbocycles. The zero-order chi connectivity index (χ0) is 8.97. The van der Waals surface area contributed by atoms with E-state index in [0.29, 0.717) is 28.7 Å². The zero-order valence-corrected chi connectivity index (χ0v) is 7.64. The van der Waals surface area contributed by atoms with Crippen molar-refractivity contribution >= 4 is 29.5 Å². The number of halogens is 2. The number of carbonyl (C=O) groups is 1. The molecule has 0 saturated heterocycles. The fourth-order valence-corrected chi connectivity index (χ4v) is 1.28. The summed E-state index contributed by atoms with van der Waals surface area (Å²) in [6, 6.07) is 0. The largest absolute Gasteiger partial charge is 0.303 e. The third kappa shape index (κ3) is 2.16. The first-order valence-electron chi connectivity index (χ1n) is 3.34. The van der Waals surface area contributed by atoms with Gasteiger partial charge in [-0.3, -0.25) is 0 Å². The smallest absolute Gasteiger partial charge is 0.137 e. The van der Waals surface area contributed by atoms with Gasteiger partial charge in [-0.25, -0.2) is 9.97 Å². The van der Waals surface area contributed by atoms with Gasteiger partial charge in [0.25, 0.3) is 0 Å². The highest BCUT2D eigenvalue weighted by Gasteiger charge is 2.06. The van der Waals surface area contributed by atoms with E-state index in [4.69, 9.17) is 23.2 Å². The number of hydrogen-bond donors (Lipinski definition) is 0. The van der Waals surface area contributed by atoms with Gasteiger partial charge >= 0.3 is 0 Å². The van der Waals surface area contributed by atoms with E-state index in [1.807, 2.05) is 0 Å². The van der Waals surface area contributed by atoms with Gasteiger partial charge in [0.1, 0.15) is 22.9 Å². The van der Waals surface area contributed by atoms with Crippen molar-refractivity contribution in [1.29, 1.82) is 0 Å². The van der Waals surface area contributed by atoms with Gasteiger partial charge in [0.05, 0.1) is 0 Å². The summed E-state index contributed by atoms with van der Waals surface area (Å²) in [6.07, 6.45) is 2.96. The van der Waals surface area contributed by atoms with Crippen LogP contribution in [0.1, 0.15) is 12.0 Å². The maximum atomic E-state index is 10.1. The van der Waals surface area contributed by atoms with Crippen molar-refractivity contribution < 1.29 is 4.79 Å². The lowest BCUT2D eigenvalue weighted by Gasteiger charge is -2.00. The molecule has 0 amide bonds. The zero-order valence-electron chi connectivity index (χ0n) is 6.13. The van der Waals surface area contributed by atoms with Crippen LogP contribution in [0, 0.1) is 0 Å². The van der Waals surface area contributed by atoms with Crippen LogP contribution in [0.5, 0.6) is 0 Å². The lowest BCUT2D eigenvalue weighted by Crippen LogP contribution is -1.93. The van der Waals surface area contributed by atoms with Crippen molar-refractivity contribution in [3.8, 4) is 0 Å². The van der Waals surface area contributed by atoms with Gasteiger partial charge in [-0.1, -0.05) is 23.2 Å². The van der Waals surface area contributed by atoms with Gasteiger partial charge in [-0.05, 0) is 6.42 Å². The van der Waals surface area contributed by atoms with Crippen molar-refractivity contribution in [2.45, 2.75) is 12.8 Å². The SMILES string of the molecule is O=CCCc1c(Cl)ncnc1Cl. The Morgan fingerprint density at radius 2 is 1.92 bits per heavy atom. The van der Waals surface area contributed by atoms with Gasteiger partial charge in [-0.15, -0.1) is 0 Å². The molecule has 0 fully saturated rings. The van der Waals surface area contributed by atoms with Crippen molar-refractivity contribution in [2.24, 2.45) is 0 Å². The topological polar surface area (TPSA) is 42.9 Å². The first-order valence-corrected chi connectivity index (χ1v) is 4.10. The Bertz CT molecular complexity index is 270. The van der Waals surface area contributed by atoms with Crippen molar-refractivity contribution in [3.05, 3.63) is 22.2 Å². The third-order valence-corrected chi connectivity index (χ3v) is 2.00. The molecule has 0 aliphatic heterocycles. The molecule has 0 unspecified atom stereocenters. The number of aromatic nitrogens is 2. The predicted molar refractivity (Wildman–Crippen MR) is 46.4 cm³/mol. The van der Waals surface area contributed by atoms with E-state index in [9.17, 15) is 4.79 Å². The Hall–Kier alpha value is -0.670. The molecule has 0 aliphatic rings. The van der Waals surface area contributed by atoms with Crippen molar-refractivity contribution in [2.75, 3.05) is 0 Å². The van der Waals surface area contributed by atoms with Gasteiger partial charge in [0, 0.05) is 12.0 Å². The summed E-state index contributed by atoms with van der Waals surface area (Å²) in [4.78, 5) is 17.6. The first kappa shape index (κ1) is 9.42. The molecule has 0 spiro atoms. The highest BCUT2D eigenvalue weighted by Crippen LogP contribution is 2.20. The van der Waals surface area contributed by atoms with Crippen molar-refractivity contribution in [1.82, 2.24) is 9.97 Å². The highest BCUT2D eigenvalue weighted by atomic mass is 35.5. The minimum atomic E-state index is 0.317. The molecular weight excluding hydrogens is 199 g/mol. The molecule has 0 radical (unpaired) electrons. The number of hydrogen-bond acceptors (Lipinski definition) is 3. The average Bonchev–Trinajstić information content (AvgIpc) is 2.04. The van der Waals surface area contributed by atoms with Crippen molar-refractivity contribution in [3.63, 3.8) is 0 Å². The molecule has 0 N–H and O–H groups in total. The second-order valence-electron chi connectivity index (χ2n) is 2.14. The van der Waals surface area contributed by atoms with Crippen LogP contribution in [0.4, 0.5) is 0 Å². The standard InChI is InChI=1S/C7H6Cl2N2O/c8-6-5(2-1-3-12)7(9)11-4-10-6/h3-4H,1-2H2. The van der Waals surface area contributed by atoms with E-state index in [1.165, 1.54) is 6.33 Å². The number of rotatable bonds is 3. The second-order valence-corrected chi connectivity index (χ2v) is 2.86. The lowest BCUT2D eigenvalue weighted by atomic mass is 10.2. The maximum absolute atomic E-state index is 10.1. The molecule has 1 aromatic heterocycles. The second kappa shape index (κ2) is 4.38. The predicted octanol–water partition coefficient (Wildman–Crippen LogP) is 1.91. The van der Waals surface area contributed by atoms with Crippen LogP contribution in [-0.4, -0.2) is 16.3 Å². The van der Waals surface area contributed by atoms with E-state index in [0.717, 1.165) is 6.29 Å². The summed E-state index contributed by atoms with van der Waals surface area (Å²) in [5, 5.41) is 0.633. The summed E-state index contributed by atoms with van der Waals surface area (Å²) in [5.41, 5.74) is 0.632. The molecule has 3 nitrogen and oxygen atoms in total. The van der Waals surface area contributed by atoms with E-state index in [-0.39, 0.29) is 0 Å². The fourth-order valence-electron chi connectivity index (χ4n) is 0.781. The summed E-state index contributed by atoms with van der Waals surface area (Å²) in [7, 11) is 0. The van der Waals surface area contributed by atoms with E-state index in [1.54, 1.807) is 0 Å². The maximum Gasteiger partial charge on any atom is 0.137 e. The monoisotopic (exact) mass is 204 g/mol. The Morgan fingerprint density at radius 1 is 1.33 bits per heavy atom. The molecule has 0 aromatic carbocycles. The van der Waals surface area contributed by atoms with Gasteiger partial charge < -0.3 is 4.79 Å². The molecule has 1 heterocycles. The molecular formula is C7H6Cl2N2O. The Kier molecular flexibility index (Phi) is 3.44. The fraction of sp³-hybridized carbons (Fsp3) is 0.286. The Labute approximate surface area is 79.7 Å². The third-order valence-electron chi connectivity index (χ3n) is 1.35. The van der Waals surface area contributed by atoms with Gasteiger partial charge in [0.2, 0.25) is 0 Å². The van der Waals surface area contributed by atoms with Gasteiger partial charge in [0.15, 0.2) is 0 Å². The highest BCUT2D eigenvalue weighted by molar-refractivity contribution is 6.34. The molecule has 0 atom stereocenters. The lowest BCUT2D eigenvalue weighted by molar-refractivity contribution is -0.107. The van der Waals surface area contributed by atoms with Crippen LogP contribution in [0.25, 0.3) is 0 Å². The minimum absolute atomic E-state index is 0.317. The van der Waals surface area contributed by atoms with Gasteiger partial charge in [-0.2, -0.15) is 0 Å². The summed E-state index contributed by atoms with van der Waals surface area (Å²) >= 11 is 11.4. The Balaban J connectivity index is 2.88. The van der Waals surface area contributed by atoms with Crippen LogP contribution < -0.4 is 0 Å². The molecule has 12 heavy (non-hydrogen) atoms. The summed E-state index contributed by atoms with van der Waals surface area (Å²) in [5.74, 6) is 0. The summed E-state index contributed by atoms with van der Waals surface area (Å²) < 4.78 is 0. The van der Waals surface area contributed by atoms with E-state index >= 15 is 0 Å². The normalized spacial score (nSPS) is 9.83. The van der Waals surface area contributed by atoms with Crippen LogP contribution in [0.3, 0.4) is 0 Å². The van der Waals surface area contributed by atoms with Crippen LogP contribution in [-0.2, 0) is 11.2 Å². The van der Waals surface area contributed by atoms with Crippen LogP contribution in [0.15, 0.2) is 6.33 Å². The Morgan fingerprint density at radius 3 is 2.42 bits per heavy atom. The molecule has 1 rings (SSSR count). The number of nitrogens with zero attached hydrogens (tertiary/aromatic N) is 2. The average molecular weight is 205 g/mol. The molecule has 1 aromatic rings. The quantitative estimate of drug-likeness (QED) is 0.559. The van der Waals surface area contributed by atoms with Crippen LogP contribution >= 0.6 is 23.2 Å². The molecule has 0 saturated carbocycles. The number of aldehydes is 1. The minimum Gasteiger partial charge on any atom is -0.303 e. The van der Waals surface area contributed by atoms with E-state index < -0.39 is 0 Å². The number of carbonyl (C=O) groups excluding carboxylic acids is 1. The van der Waals surface area contributed by atoms with E-state index in [2.05, 4.69) is 9.97 Å². The molecule has 64 valence electrons. The van der Waals surface area contributed by atoms with Crippen LogP contribution in [0.2, 0.25) is 10.3 Å². The molecule has 0 bridgehead atoms. The first-order chi connectivity index (χ1) is 5.75. The molecule has 5 heteroatoms.